The molecule has 4 amide bonds. The van der Waals surface area contributed by atoms with Crippen molar-refractivity contribution in [2.24, 2.45) is 23.3 Å². The van der Waals surface area contributed by atoms with Gasteiger partial charge in [-0.15, -0.1) is 10.2 Å². The van der Waals surface area contributed by atoms with Crippen LogP contribution in [0.25, 0.3) is 22.5 Å². The van der Waals surface area contributed by atoms with Crippen molar-refractivity contribution in [3.05, 3.63) is 77.6 Å². The summed E-state index contributed by atoms with van der Waals surface area (Å²) >= 11 is 0. The molecule has 2 fully saturated rings. The van der Waals surface area contributed by atoms with Gasteiger partial charge < -0.3 is 31.9 Å². The summed E-state index contributed by atoms with van der Waals surface area (Å²) in [6.45, 7) is 7.78. The van der Waals surface area contributed by atoms with E-state index in [9.17, 15) is 32.3 Å². The molecule has 0 aliphatic heterocycles. The first-order valence-electron chi connectivity index (χ1n) is 21.1. The Kier molecular flexibility index (Phi) is 16.3. The van der Waals surface area contributed by atoms with Gasteiger partial charge >= 0.3 is 18.2 Å². The standard InChI is InChI=1S/C42H54N10O5.C2HF3O2/c1-25-34(21-22-36(46-25)38(53)47-32-17-15-31(43)16-18-32)28-9-5-26(6-10-28)23-35(44)40(55)52(33-19-13-29(14-20-33)37-48-50-51-49-37)39(54)30-11-7-27(8-12-30)24-45-41(56)57-42(2,3)4;3-2(4,5)1(6)7/h5-6,9-10,13-14,19-22,27,30-32,35H,7-8,11-12,15-18,23-24,43-44H2,1-4H3,(H,45,56)(H,47,53)(H,48,49,50,51);(H,6,7)/t27-,30-,31-,32-,35-;/m0./s1. The molecule has 2 aromatic carbocycles. The van der Waals surface area contributed by atoms with Crippen molar-refractivity contribution < 1.29 is 47.0 Å². The third kappa shape index (κ3) is 13.9. The molecule has 0 saturated heterocycles. The summed E-state index contributed by atoms with van der Waals surface area (Å²) in [6.07, 6.45) is 0.757. The van der Waals surface area contributed by atoms with E-state index in [2.05, 4.69) is 36.2 Å². The number of H-pyrrole nitrogens is 1. The summed E-state index contributed by atoms with van der Waals surface area (Å²) in [4.78, 5) is 68.3. The first kappa shape index (κ1) is 48.7. The highest BCUT2D eigenvalue weighted by Gasteiger charge is 2.38. The van der Waals surface area contributed by atoms with Crippen LogP contribution in [0.2, 0.25) is 0 Å². The van der Waals surface area contributed by atoms with Crippen molar-refractivity contribution in [2.75, 3.05) is 11.4 Å². The zero-order valence-electron chi connectivity index (χ0n) is 36.2. The quantitative estimate of drug-likeness (QED) is 0.107. The van der Waals surface area contributed by atoms with Crippen molar-refractivity contribution >= 4 is 35.5 Å². The summed E-state index contributed by atoms with van der Waals surface area (Å²) in [5, 5.41) is 27.2. The highest BCUT2D eigenvalue weighted by Crippen LogP contribution is 2.33. The fourth-order valence-corrected chi connectivity index (χ4v) is 7.59. The van der Waals surface area contributed by atoms with Crippen LogP contribution in [0.15, 0.2) is 60.7 Å². The minimum atomic E-state index is -5.08. The minimum absolute atomic E-state index is 0.111. The number of carboxylic acids is 1. The number of amides is 4. The number of alkyl halides is 3. The van der Waals surface area contributed by atoms with E-state index in [1.54, 1.807) is 30.3 Å². The fourth-order valence-electron chi connectivity index (χ4n) is 7.59. The maximum absolute atomic E-state index is 14.2. The number of alkyl carbamates (subject to hydrolysis) is 1. The molecule has 0 bridgehead atoms. The van der Waals surface area contributed by atoms with E-state index in [0.29, 0.717) is 55.0 Å². The van der Waals surface area contributed by atoms with Crippen LogP contribution in [0.1, 0.15) is 93.9 Å². The number of hydrogen-bond donors (Lipinski definition) is 6. The molecule has 64 heavy (non-hydrogen) atoms. The lowest BCUT2D eigenvalue weighted by Crippen LogP contribution is -2.50. The van der Waals surface area contributed by atoms with Crippen molar-refractivity contribution in [2.45, 2.75) is 115 Å². The zero-order chi connectivity index (χ0) is 46.8. The number of nitrogens with two attached hydrogens (primary N) is 2. The number of aromatic amines is 1. The van der Waals surface area contributed by atoms with Crippen molar-refractivity contribution in [3.8, 4) is 22.5 Å². The fraction of sp³-hybridized carbons (Fsp3) is 0.477. The Morgan fingerprint density at radius 2 is 1.50 bits per heavy atom. The smallest absolute Gasteiger partial charge is 0.475 e. The van der Waals surface area contributed by atoms with E-state index < -0.39 is 41.7 Å². The molecule has 2 aromatic heterocycles. The first-order valence-corrected chi connectivity index (χ1v) is 21.1. The second-order valence-electron chi connectivity index (χ2n) is 17.1. The van der Waals surface area contributed by atoms with Crippen LogP contribution in [0.4, 0.5) is 23.7 Å². The zero-order valence-corrected chi connectivity index (χ0v) is 36.2. The van der Waals surface area contributed by atoms with Crippen molar-refractivity contribution in [1.29, 1.82) is 0 Å². The van der Waals surface area contributed by atoms with Gasteiger partial charge in [0.2, 0.25) is 11.7 Å². The number of nitrogens with zero attached hydrogens (tertiary/aromatic N) is 5. The van der Waals surface area contributed by atoms with Gasteiger partial charge in [0.15, 0.2) is 0 Å². The van der Waals surface area contributed by atoms with Crippen LogP contribution in [-0.2, 0) is 25.5 Å². The number of benzene rings is 2. The molecule has 4 aromatic rings. The van der Waals surface area contributed by atoms with E-state index in [-0.39, 0.29) is 36.2 Å². The van der Waals surface area contributed by atoms with Crippen LogP contribution < -0.4 is 27.0 Å². The number of aliphatic carboxylic acids is 1. The number of pyridine rings is 1. The van der Waals surface area contributed by atoms with Crippen LogP contribution in [-0.4, -0.2) is 96.9 Å². The monoisotopic (exact) mass is 892 g/mol. The predicted molar refractivity (Wildman–Crippen MR) is 229 cm³/mol. The number of carbonyl (C=O) groups is 5. The summed E-state index contributed by atoms with van der Waals surface area (Å²) in [6, 6.07) is 17.5. The Morgan fingerprint density at radius 1 is 0.891 bits per heavy atom. The summed E-state index contributed by atoms with van der Waals surface area (Å²) in [7, 11) is 0. The third-order valence-corrected chi connectivity index (χ3v) is 11.0. The average molecular weight is 893 g/mol. The number of imide groups is 1. The average Bonchev–Trinajstić information content (AvgIpc) is 3.79. The number of halogens is 3. The first-order chi connectivity index (χ1) is 30.2. The maximum atomic E-state index is 14.2. The van der Waals surface area contributed by atoms with Gasteiger partial charge in [0.05, 0.1) is 11.7 Å². The van der Waals surface area contributed by atoms with Crippen LogP contribution in [0.3, 0.4) is 0 Å². The van der Waals surface area contributed by atoms with Crippen LogP contribution >= 0.6 is 0 Å². The highest BCUT2D eigenvalue weighted by molar-refractivity contribution is 6.17. The Balaban J connectivity index is 0.00000102. The number of carboxylic acid groups (broad SMARTS) is 1. The lowest BCUT2D eigenvalue weighted by molar-refractivity contribution is -0.192. The molecule has 8 N–H and O–H groups in total. The summed E-state index contributed by atoms with van der Waals surface area (Å²) in [5.74, 6) is -3.57. The van der Waals surface area contributed by atoms with E-state index in [1.807, 2.05) is 58.0 Å². The number of rotatable bonds is 11. The molecule has 2 aliphatic carbocycles. The number of tetrazole rings is 1. The highest BCUT2D eigenvalue weighted by atomic mass is 19.4. The number of anilines is 1. The van der Waals surface area contributed by atoms with Crippen molar-refractivity contribution in [1.82, 2.24) is 36.2 Å². The van der Waals surface area contributed by atoms with Gasteiger partial charge in [-0.25, -0.2) is 19.5 Å². The largest absolute Gasteiger partial charge is 0.490 e. The van der Waals surface area contributed by atoms with E-state index in [1.165, 1.54) is 4.90 Å². The Bertz CT molecular complexity index is 2220. The second kappa shape index (κ2) is 21.4. The number of aromatic nitrogens is 5. The predicted octanol–water partition coefficient (Wildman–Crippen LogP) is 5.63. The molecule has 0 unspecified atom stereocenters. The lowest BCUT2D eigenvalue weighted by atomic mass is 9.81. The Hall–Kier alpha value is -6.28. The Morgan fingerprint density at radius 3 is 2.05 bits per heavy atom. The van der Waals surface area contributed by atoms with E-state index in [4.69, 9.17) is 26.1 Å². The molecular formula is C44H55F3N10O7. The van der Waals surface area contributed by atoms with Gasteiger partial charge in [0.1, 0.15) is 11.3 Å². The number of nitrogens with one attached hydrogen (secondary N) is 3. The molecule has 2 aliphatic rings. The van der Waals surface area contributed by atoms with Crippen molar-refractivity contribution in [3.63, 3.8) is 0 Å². The molecule has 2 heterocycles. The minimum Gasteiger partial charge on any atom is -0.475 e. The van der Waals surface area contributed by atoms with E-state index >= 15 is 0 Å². The summed E-state index contributed by atoms with van der Waals surface area (Å²) < 4.78 is 37.1. The SMILES string of the molecule is Cc1nc(C(=O)N[C@H]2CC[C@H](N)CC2)ccc1-c1ccc(C[C@H](N)C(=O)N(c2ccc(-c3nn[nH]n3)cc2)C(=O)[C@H]2CC[C@H](CNC(=O)OC(C)(C)C)CC2)cc1.O=C(O)C(F)(F)F. The molecule has 1 atom stereocenters. The van der Waals surface area contributed by atoms with Gasteiger partial charge in [0.25, 0.3) is 11.8 Å². The molecular weight excluding hydrogens is 838 g/mol. The number of aryl methyl sites for hydroxylation is 1. The number of ether oxygens (including phenoxy) is 1. The molecule has 6 rings (SSSR count). The van der Waals surface area contributed by atoms with Crippen LogP contribution in [0.5, 0.6) is 0 Å². The summed E-state index contributed by atoms with van der Waals surface area (Å²) in [5.41, 5.74) is 16.8. The molecule has 0 spiro atoms. The second-order valence-corrected chi connectivity index (χ2v) is 17.1. The van der Waals surface area contributed by atoms with Gasteiger partial charge in [-0.2, -0.15) is 18.4 Å². The molecule has 17 nitrogen and oxygen atoms in total. The van der Waals surface area contributed by atoms with Gasteiger partial charge in [-0.05, 0) is 138 Å². The third-order valence-electron chi connectivity index (χ3n) is 11.0. The Labute approximate surface area is 368 Å². The molecule has 344 valence electrons. The normalized spacial score (nSPS) is 19.3. The number of carbonyl (C=O) groups excluding carboxylic acids is 4. The molecule has 2 saturated carbocycles. The number of hydrogen-bond acceptors (Lipinski definition) is 12. The molecule has 20 heteroatoms. The maximum Gasteiger partial charge on any atom is 0.490 e. The van der Waals surface area contributed by atoms with Gasteiger partial charge in [-0.1, -0.05) is 30.3 Å². The molecule has 0 radical (unpaired) electrons. The van der Waals surface area contributed by atoms with Gasteiger partial charge in [0, 0.05) is 41.4 Å². The van der Waals surface area contributed by atoms with E-state index in [0.717, 1.165) is 48.1 Å². The topological polar surface area (TPSA) is 262 Å². The lowest BCUT2D eigenvalue weighted by Gasteiger charge is -2.32. The van der Waals surface area contributed by atoms with Gasteiger partial charge in [-0.3, -0.25) is 14.4 Å². The van der Waals surface area contributed by atoms with Crippen LogP contribution in [0, 0.1) is 18.8 Å².